The number of carbonyl (C=O) groups is 1. The van der Waals surface area contributed by atoms with Crippen LogP contribution >= 0.6 is 11.8 Å². The van der Waals surface area contributed by atoms with E-state index in [-0.39, 0.29) is 11.7 Å². The van der Waals surface area contributed by atoms with Gasteiger partial charge in [-0.1, -0.05) is 41.6 Å². The van der Waals surface area contributed by atoms with Gasteiger partial charge in [0.2, 0.25) is 0 Å². The summed E-state index contributed by atoms with van der Waals surface area (Å²) in [5, 5.41) is 0.596. The van der Waals surface area contributed by atoms with Crippen LogP contribution < -0.4 is 0 Å². The summed E-state index contributed by atoms with van der Waals surface area (Å²) in [6, 6.07) is 10.1. The number of esters is 1. The zero-order valence-electron chi connectivity index (χ0n) is 12.4. The lowest BCUT2D eigenvalue weighted by Gasteiger charge is -2.06. The summed E-state index contributed by atoms with van der Waals surface area (Å²) in [6.07, 6.45) is 0. The molecule has 0 radical (unpaired) electrons. The zero-order valence-corrected chi connectivity index (χ0v) is 13.2. The summed E-state index contributed by atoms with van der Waals surface area (Å²) < 4.78 is 4.91. The summed E-state index contributed by atoms with van der Waals surface area (Å²) in [7, 11) is 0. The van der Waals surface area contributed by atoms with E-state index < -0.39 is 0 Å². The Balaban J connectivity index is 2.17. The Morgan fingerprint density at radius 2 is 1.90 bits per heavy atom. The molecule has 110 valence electrons. The molecule has 2 aromatic rings. The van der Waals surface area contributed by atoms with Gasteiger partial charge in [0.25, 0.3) is 0 Å². The summed E-state index contributed by atoms with van der Waals surface area (Å²) in [4.78, 5) is 20.3. The number of rotatable bonds is 5. The van der Waals surface area contributed by atoms with E-state index in [2.05, 4.69) is 29.0 Å². The van der Waals surface area contributed by atoms with E-state index in [0.29, 0.717) is 11.8 Å². The number of thioether (sulfide) groups is 1. The molecular weight excluding hydrogens is 284 g/mol. The van der Waals surface area contributed by atoms with Crippen molar-refractivity contribution in [2.45, 2.75) is 25.9 Å². The smallest absolute Gasteiger partial charge is 0.316 e. The van der Waals surface area contributed by atoms with Crippen LogP contribution in [0.25, 0.3) is 11.3 Å². The number of aryl methyl sites for hydroxylation is 2. The van der Waals surface area contributed by atoms with Crippen molar-refractivity contribution >= 4 is 17.7 Å². The van der Waals surface area contributed by atoms with E-state index in [1.165, 1.54) is 17.3 Å². The Bertz CT molecular complexity index is 627. The van der Waals surface area contributed by atoms with Crippen molar-refractivity contribution in [3.05, 3.63) is 41.6 Å². The van der Waals surface area contributed by atoms with Gasteiger partial charge in [0.05, 0.1) is 18.1 Å². The van der Waals surface area contributed by atoms with Crippen LogP contribution in [0.2, 0.25) is 0 Å². The number of nitrogens with zero attached hydrogens (tertiary/aromatic N) is 2. The second-order valence-electron chi connectivity index (χ2n) is 4.64. The Hall–Kier alpha value is -1.88. The number of aromatic nitrogens is 2. The molecular formula is C16H18N2O2S. The fourth-order valence-corrected chi connectivity index (χ4v) is 2.51. The summed E-state index contributed by atoms with van der Waals surface area (Å²) >= 11 is 1.30. The Morgan fingerprint density at radius 3 is 2.57 bits per heavy atom. The molecule has 0 spiro atoms. The predicted octanol–water partition coefficient (Wildman–Crippen LogP) is 3.42. The maximum absolute atomic E-state index is 11.4. The average Bonchev–Trinajstić information content (AvgIpc) is 2.46. The quantitative estimate of drug-likeness (QED) is 0.481. The third-order valence-electron chi connectivity index (χ3n) is 2.81. The Morgan fingerprint density at radius 1 is 1.19 bits per heavy atom. The topological polar surface area (TPSA) is 52.1 Å². The van der Waals surface area contributed by atoms with Crippen LogP contribution in [0, 0.1) is 13.8 Å². The number of ether oxygens (including phenoxy) is 1. The minimum absolute atomic E-state index is 0.227. The molecule has 0 aliphatic carbocycles. The maximum atomic E-state index is 11.4. The molecule has 1 aromatic carbocycles. The van der Waals surface area contributed by atoms with Crippen molar-refractivity contribution < 1.29 is 9.53 Å². The largest absolute Gasteiger partial charge is 0.465 e. The van der Waals surface area contributed by atoms with Crippen LogP contribution in [0.3, 0.4) is 0 Å². The Kier molecular flexibility index (Phi) is 5.33. The molecule has 0 aliphatic rings. The molecule has 0 bridgehead atoms. The fraction of sp³-hybridized carbons (Fsp3) is 0.312. The number of benzene rings is 1. The van der Waals surface area contributed by atoms with E-state index in [1.54, 1.807) is 6.92 Å². The van der Waals surface area contributed by atoms with Gasteiger partial charge < -0.3 is 4.74 Å². The average molecular weight is 302 g/mol. The monoisotopic (exact) mass is 302 g/mol. The van der Waals surface area contributed by atoms with Gasteiger partial charge in [-0.25, -0.2) is 9.97 Å². The highest BCUT2D eigenvalue weighted by molar-refractivity contribution is 7.99. The van der Waals surface area contributed by atoms with E-state index in [1.807, 2.05) is 25.1 Å². The van der Waals surface area contributed by atoms with E-state index in [4.69, 9.17) is 4.74 Å². The molecule has 4 nitrogen and oxygen atoms in total. The molecule has 1 heterocycles. The van der Waals surface area contributed by atoms with Gasteiger partial charge in [0, 0.05) is 11.3 Å². The third-order valence-corrected chi connectivity index (χ3v) is 3.63. The first-order valence-electron chi connectivity index (χ1n) is 6.79. The van der Waals surface area contributed by atoms with Crippen LogP contribution in [0.1, 0.15) is 18.2 Å². The Labute approximate surface area is 129 Å². The lowest BCUT2D eigenvalue weighted by molar-refractivity contribution is -0.139. The molecule has 5 heteroatoms. The van der Waals surface area contributed by atoms with E-state index in [9.17, 15) is 4.79 Å². The first-order valence-corrected chi connectivity index (χ1v) is 7.78. The van der Waals surface area contributed by atoms with Gasteiger partial charge in [0.15, 0.2) is 5.16 Å². The minimum Gasteiger partial charge on any atom is -0.465 e. The highest BCUT2D eigenvalue weighted by Gasteiger charge is 2.08. The molecule has 1 aromatic heterocycles. The molecule has 0 saturated carbocycles. The number of hydrogen-bond acceptors (Lipinski definition) is 5. The summed E-state index contributed by atoms with van der Waals surface area (Å²) in [6.45, 7) is 6.16. The highest BCUT2D eigenvalue weighted by atomic mass is 32.2. The van der Waals surface area contributed by atoms with Crippen LogP contribution in [0.15, 0.2) is 35.5 Å². The number of hydrogen-bond donors (Lipinski definition) is 0. The van der Waals surface area contributed by atoms with Crippen LogP contribution in [0.5, 0.6) is 0 Å². The SMILES string of the molecule is CCOC(=O)CSc1nc(C)cc(-c2ccc(C)cc2)n1. The third kappa shape index (κ3) is 4.56. The van der Waals surface area contributed by atoms with Gasteiger partial charge in [-0.05, 0) is 26.8 Å². The van der Waals surface area contributed by atoms with Crippen LogP contribution in [0.4, 0.5) is 0 Å². The van der Waals surface area contributed by atoms with Gasteiger partial charge >= 0.3 is 5.97 Å². The van der Waals surface area contributed by atoms with Gasteiger partial charge in [-0.15, -0.1) is 0 Å². The molecule has 21 heavy (non-hydrogen) atoms. The molecule has 0 atom stereocenters. The fourth-order valence-electron chi connectivity index (χ4n) is 1.80. The van der Waals surface area contributed by atoms with E-state index in [0.717, 1.165) is 17.0 Å². The van der Waals surface area contributed by atoms with Crippen molar-refractivity contribution in [1.29, 1.82) is 0 Å². The van der Waals surface area contributed by atoms with Crippen LogP contribution in [-0.4, -0.2) is 28.3 Å². The minimum atomic E-state index is -0.246. The molecule has 0 saturated heterocycles. The van der Waals surface area contributed by atoms with Crippen molar-refractivity contribution in [2.24, 2.45) is 0 Å². The number of carbonyl (C=O) groups excluding carboxylic acids is 1. The standard InChI is InChI=1S/C16H18N2O2S/c1-4-20-15(19)10-21-16-17-12(3)9-14(18-16)13-7-5-11(2)6-8-13/h5-9H,4,10H2,1-3H3. The van der Waals surface area contributed by atoms with E-state index >= 15 is 0 Å². The summed E-state index contributed by atoms with van der Waals surface area (Å²) in [5.74, 6) is -0.0190. The summed E-state index contributed by atoms with van der Waals surface area (Å²) in [5.41, 5.74) is 4.01. The van der Waals surface area contributed by atoms with Gasteiger partial charge in [-0.3, -0.25) is 4.79 Å². The molecule has 2 rings (SSSR count). The second kappa shape index (κ2) is 7.22. The van der Waals surface area contributed by atoms with Crippen molar-refractivity contribution in [3.63, 3.8) is 0 Å². The maximum Gasteiger partial charge on any atom is 0.316 e. The van der Waals surface area contributed by atoms with Crippen molar-refractivity contribution in [1.82, 2.24) is 9.97 Å². The molecule has 0 amide bonds. The molecule has 0 fully saturated rings. The molecule has 0 aliphatic heterocycles. The lowest BCUT2D eigenvalue weighted by Crippen LogP contribution is -2.07. The highest BCUT2D eigenvalue weighted by Crippen LogP contribution is 2.22. The van der Waals surface area contributed by atoms with Crippen molar-refractivity contribution in [3.8, 4) is 11.3 Å². The molecule has 0 unspecified atom stereocenters. The van der Waals surface area contributed by atoms with Gasteiger partial charge in [0.1, 0.15) is 0 Å². The second-order valence-corrected chi connectivity index (χ2v) is 5.58. The van der Waals surface area contributed by atoms with Crippen molar-refractivity contribution in [2.75, 3.05) is 12.4 Å². The van der Waals surface area contributed by atoms with Crippen LogP contribution in [-0.2, 0) is 9.53 Å². The van der Waals surface area contributed by atoms with Gasteiger partial charge in [-0.2, -0.15) is 0 Å². The lowest BCUT2D eigenvalue weighted by atomic mass is 10.1. The normalized spacial score (nSPS) is 10.4. The first kappa shape index (κ1) is 15.5. The first-order chi connectivity index (χ1) is 10.1. The molecule has 0 N–H and O–H groups in total. The zero-order chi connectivity index (χ0) is 15.2. The predicted molar refractivity (Wildman–Crippen MR) is 84.3 cm³/mol.